The summed E-state index contributed by atoms with van der Waals surface area (Å²) >= 11 is 0. The molecular weight excluding hydrogens is 460 g/mol. The van der Waals surface area contributed by atoms with E-state index in [0.29, 0.717) is 11.5 Å². The Balaban J connectivity index is 1.48. The summed E-state index contributed by atoms with van der Waals surface area (Å²) in [6, 6.07) is 24.0. The van der Waals surface area contributed by atoms with Gasteiger partial charge in [-0.3, -0.25) is 0 Å². The zero-order valence-electron chi connectivity index (χ0n) is 19.2. The summed E-state index contributed by atoms with van der Waals surface area (Å²) < 4.78 is 11.7. The van der Waals surface area contributed by atoms with E-state index in [0.717, 1.165) is 21.5 Å². The molecule has 0 unspecified atom stereocenters. The number of rotatable bonds is 11. The highest BCUT2D eigenvalue weighted by molar-refractivity contribution is 5.88. The first-order chi connectivity index (χ1) is 17.6. The number of aliphatic hydroxyl groups excluding tert-OH is 2. The number of benzene rings is 4. The minimum Gasteiger partial charge on any atom is -0.492 e. The van der Waals surface area contributed by atoms with Crippen molar-refractivity contribution in [3.05, 3.63) is 106 Å². The van der Waals surface area contributed by atoms with E-state index in [-0.39, 0.29) is 13.2 Å². The third-order valence-corrected chi connectivity index (χ3v) is 5.86. The molecule has 0 heterocycles. The molecule has 0 radical (unpaired) electrons. The molecule has 0 aromatic heterocycles. The summed E-state index contributed by atoms with van der Waals surface area (Å²) in [4.78, 5) is 5.57. The normalized spacial score (nSPS) is 14.2. The quantitative estimate of drug-likeness (QED) is 0.163. The fraction of sp³-hybridized carbons (Fsp3) is 0.231. The van der Waals surface area contributed by atoms with Crippen LogP contribution in [0.2, 0.25) is 0 Å². The van der Waals surface area contributed by atoms with Crippen LogP contribution in [0, 0.1) is 0 Å². The van der Waals surface area contributed by atoms with Crippen molar-refractivity contribution < 1.29 is 19.7 Å². The largest absolute Gasteiger partial charge is 0.492 e. The molecule has 4 atom stereocenters. The molecule has 36 heavy (non-hydrogen) atoms. The highest BCUT2D eigenvalue weighted by atomic mass is 16.5. The van der Waals surface area contributed by atoms with Crippen LogP contribution in [0.5, 0.6) is 11.5 Å². The van der Waals surface area contributed by atoms with Gasteiger partial charge in [0, 0.05) is 20.6 Å². The summed E-state index contributed by atoms with van der Waals surface area (Å²) in [5.41, 5.74) is 18.1. The van der Waals surface area contributed by atoms with E-state index in [1.165, 1.54) is 0 Å². The minimum absolute atomic E-state index is 0.205. The van der Waals surface area contributed by atoms with Crippen molar-refractivity contribution in [2.45, 2.75) is 24.3 Å². The third-order valence-electron chi connectivity index (χ3n) is 5.86. The molecule has 4 rings (SSSR count). The fourth-order valence-electron chi connectivity index (χ4n) is 3.98. The lowest BCUT2D eigenvalue weighted by atomic mass is 10.0. The number of aliphatic hydroxyl groups is 2. The van der Waals surface area contributed by atoms with Crippen LogP contribution in [0.4, 0.5) is 0 Å². The van der Waals surface area contributed by atoms with Gasteiger partial charge in [0.15, 0.2) is 0 Å². The summed E-state index contributed by atoms with van der Waals surface area (Å²) in [6.45, 7) is -0.410. The van der Waals surface area contributed by atoms with Gasteiger partial charge in [0.2, 0.25) is 0 Å². The predicted molar refractivity (Wildman–Crippen MR) is 137 cm³/mol. The van der Waals surface area contributed by atoms with Gasteiger partial charge >= 0.3 is 0 Å². The molecule has 0 aliphatic heterocycles. The summed E-state index contributed by atoms with van der Waals surface area (Å²) in [7, 11) is 0. The number of azide groups is 2. The summed E-state index contributed by atoms with van der Waals surface area (Å²) in [6.07, 6.45) is -3.16. The van der Waals surface area contributed by atoms with Crippen molar-refractivity contribution in [3.8, 4) is 11.5 Å². The Morgan fingerprint density at radius 1 is 0.611 bits per heavy atom. The van der Waals surface area contributed by atoms with Gasteiger partial charge in [0.1, 0.15) is 11.5 Å². The summed E-state index contributed by atoms with van der Waals surface area (Å²) in [5.74, 6) is 1.08. The van der Waals surface area contributed by atoms with E-state index in [9.17, 15) is 10.2 Å². The molecule has 10 nitrogen and oxygen atoms in total. The summed E-state index contributed by atoms with van der Waals surface area (Å²) in [5, 5.41) is 32.5. The first-order valence-electron chi connectivity index (χ1n) is 11.3. The zero-order chi connectivity index (χ0) is 25.3. The Morgan fingerprint density at radius 3 is 1.42 bits per heavy atom. The van der Waals surface area contributed by atoms with Gasteiger partial charge in [-0.05, 0) is 34.0 Å². The van der Waals surface area contributed by atoms with E-state index in [2.05, 4.69) is 20.1 Å². The Bertz CT molecular complexity index is 1310. The van der Waals surface area contributed by atoms with Crippen molar-refractivity contribution in [3.63, 3.8) is 0 Å². The molecule has 0 spiro atoms. The van der Waals surface area contributed by atoms with Crippen molar-refractivity contribution in [1.29, 1.82) is 0 Å². The second kappa shape index (κ2) is 11.8. The van der Waals surface area contributed by atoms with Gasteiger partial charge in [-0.25, -0.2) is 0 Å². The minimum atomic E-state index is -1.58. The molecule has 0 fully saturated rings. The van der Waals surface area contributed by atoms with E-state index >= 15 is 0 Å². The van der Waals surface area contributed by atoms with Crippen molar-refractivity contribution in [1.82, 2.24) is 0 Å². The van der Waals surface area contributed by atoms with Crippen LogP contribution in [-0.4, -0.2) is 47.7 Å². The Hall–Kier alpha value is -4.46. The molecule has 4 aromatic rings. The van der Waals surface area contributed by atoms with Gasteiger partial charge in [0.05, 0.1) is 37.5 Å². The van der Waals surface area contributed by atoms with E-state index < -0.39 is 24.3 Å². The van der Waals surface area contributed by atoms with Crippen LogP contribution in [0.25, 0.3) is 42.4 Å². The number of hydrogen-bond acceptors (Lipinski definition) is 6. The van der Waals surface area contributed by atoms with Crippen LogP contribution < -0.4 is 9.47 Å². The zero-order valence-corrected chi connectivity index (χ0v) is 19.2. The molecule has 0 saturated heterocycles. The number of ether oxygens (including phenoxy) is 2. The van der Waals surface area contributed by atoms with Crippen LogP contribution in [-0.2, 0) is 0 Å². The van der Waals surface area contributed by atoms with E-state index in [1.54, 1.807) is 12.1 Å². The van der Waals surface area contributed by atoms with Crippen molar-refractivity contribution >= 4 is 21.5 Å². The van der Waals surface area contributed by atoms with Gasteiger partial charge < -0.3 is 19.7 Å². The number of nitrogens with zero attached hydrogens (tertiary/aromatic N) is 6. The maximum atomic E-state index is 10.8. The van der Waals surface area contributed by atoms with Gasteiger partial charge in [0.25, 0.3) is 0 Å². The molecule has 2 N–H and O–H groups in total. The van der Waals surface area contributed by atoms with E-state index in [1.807, 2.05) is 72.8 Å². The van der Waals surface area contributed by atoms with Gasteiger partial charge in [-0.15, -0.1) is 0 Å². The monoisotopic (exact) mass is 484 g/mol. The molecule has 10 heteroatoms. The standard InChI is InChI=1S/C26H24N6O4/c27-31-29-21(15-35-23-13-5-9-17-7-1-3-11-19(17)23)25(33)26(34)22(30-32-28)16-36-24-14-6-10-18-8-2-4-12-20(18)24/h1-14,21-22,25-26,33-34H,15-16H2/t21-,22-,25+,26+/m0/s1. The van der Waals surface area contributed by atoms with Crippen LogP contribution in [0.15, 0.2) is 95.2 Å². The third kappa shape index (κ3) is 5.60. The van der Waals surface area contributed by atoms with Gasteiger partial charge in [-0.1, -0.05) is 83.0 Å². The molecule has 0 aliphatic rings. The Labute approximate surface area is 206 Å². The lowest BCUT2D eigenvalue weighted by Crippen LogP contribution is -2.46. The van der Waals surface area contributed by atoms with Crippen LogP contribution >= 0.6 is 0 Å². The van der Waals surface area contributed by atoms with Crippen molar-refractivity contribution in [2.24, 2.45) is 10.2 Å². The van der Waals surface area contributed by atoms with Crippen molar-refractivity contribution in [2.75, 3.05) is 13.2 Å². The molecule has 0 aliphatic carbocycles. The second-order valence-corrected chi connectivity index (χ2v) is 8.10. The molecule has 0 saturated carbocycles. The average Bonchev–Trinajstić information content (AvgIpc) is 2.92. The highest BCUT2D eigenvalue weighted by Gasteiger charge is 2.32. The molecule has 0 amide bonds. The maximum absolute atomic E-state index is 10.8. The first-order valence-corrected chi connectivity index (χ1v) is 11.3. The van der Waals surface area contributed by atoms with E-state index in [4.69, 9.17) is 20.5 Å². The highest BCUT2D eigenvalue weighted by Crippen LogP contribution is 2.27. The molecule has 4 aromatic carbocycles. The fourth-order valence-corrected chi connectivity index (χ4v) is 3.98. The Morgan fingerprint density at radius 2 is 1.00 bits per heavy atom. The topological polar surface area (TPSA) is 156 Å². The second-order valence-electron chi connectivity index (χ2n) is 8.10. The first kappa shape index (κ1) is 24.7. The molecule has 182 valence electrons. The lowest BCUT2D eigenvalue weighted by molar-refractivity contribution is -0.0242. The number of fused-ring (bicyclic) bond motifs is 2. The smallest absolute Gasteiger partial charge is 0.127 e. The molecule has 0 bridgehead atoms. The predicted octanol–water partition coefficient (Wildman–Crippen LogP) is 5.53. The molecular formula is C26H24N6O4. The Kier molecular flexibility index (Phi) is 8.08. The van der Waals surface area contributed by atoms with Gasteiger partial charge in [-0.2, -0.15) is 0 Å². The number of hydrogen-bond donors (Lipinski definition) is 2. The lowest BCUT2D eigenvalue weighted by Gasteiger charge is -2.27. The SMILES string of the molecule is [N-]=[N+]=N[C@@H](COc1cccc2ccccc12)[C@@H](O)[C@H](O)[C@H](COc1cccc2ccccc12)N=[N+]=[N-]. The van der Waals surface area contributed by atoms with Crippen LogP contribution in [0.1, 0.15) is 0 Å². The van der Waals surface area contributed by atoms with Crippen LogP contribution in [0.3, 0.4) is 0 Å². The maximum Gasteiger partial charge on any atom is 0.127 e. The average molecular weight is 485 g/mol.